The lowest BCUT2D eigenvalue weighted by Gasteiger charge is -2.31. The molecule has 1 aliphatic rings. The molecule has 2 atom stereocenters. The molecular formula is C25H20F3N3O5S. The lowest BCUT2D eigenvalue weighted by Crippen LogP contribution is -2.40. The molecule has 0 amide bonds. The van der Waals surface area contributed by atoms with Gasteiger partial charge in [0.1, 0.15) is 11.1 Å². The number of rotatable bonds is 4. The summed E-state index contributed by atoms with van der Waals surface area (Å²) in [6.07, 6.45) is 0.249. The highest BCUT2D eigenvalue weighted by molar-refractivity contribution is 7.13. The Morgan fingerprint density at radius 2 is 1.97 bits per heavy atom. The molecule has 0 N–H and O–H groups in total. The summed E-state index contributed by atoms with van der Waals surface area (Å²) >= 11 is 1.16. The van der Waals surface area contributed by atoms with E-state index in [0.717, 1.165) is 18.6 Å². The zero-order valence-corrected chi connectivity index (χ0v) is 20.9. The first kappa shape index (κ1) is 26.0. The number of halogens is 3. The van der Waals surface area contributed by atoms with Crippen molar-refractivity contribution in [3.8, 4) is 17.5 Å². The van der Waals surface area contributed by atoms with Gasteiger partial charge in [0.15, 0.2) is 5.76 Å². The maximum Gasteiger partial charge on any atom is 0.431 e. The van der Waals surface area contributed by atoms with Crippen LogP contribution in [0.2, 0.25) is 0 Å². The van der Waals surface area contributed by atoms with Gasteiger partial charge in [0.2, 0.25) is 0 Å². The molecule has 2 unspecified atom stereocenters. The predicted octanol–water partition coefficient (Wildman–Crippen LogP) is 4.01. The number of aromatic nitrogens is 3. The zero-order chi connectivity index (χ0) is 27.1. The summed E-state index contributed by atoms with van der Waals surface area (Å²) in [7, 11) is 0.953. The normalized spacial score (nSPS) is 19.2. The Balaban J connectivity index is 1.93. The Hall–Kier alpha value is -4.11. The van der Waals surface area contributed by atoms with Crippen molar-refractivity contribution in [1.82, 2.24) is 13.5 Å². The first-order chi connectivity index (χ1) is 17.4. The topological polar surface area (TPSA) is 92.4 Å². The molecule has 0 radical (unpaired) electrons. The largest absolute Gasteiger partial charge is 0.431 e. The maximum absolute atomic E-state index is 13.3. The van der Waals surface area contributed by atoms with Crippen LogP contribution in [0.3, 0.4) is 0 Å². The quantitative estimate of drug-likeness (QED) is 0.287. The molecule has 37 heavy (non-hydrogen) atoms. The molecule has 12 heteroatoms. The minimum atomic E-state index is -4.87. The number of carbonyl (C=O) groups is 1. The summed E-state index contributed by atoms with van der Waals surface area (Å²) in [6.45, 7) is 4.75. The molecule has 8 nitrogen and oxygen atoms in total. The highest BCUT2D eigenvalue weighted by Gasteiger charge is 2.40. The fraction of sp³-hybridized carbons (Fsp3) is 0.280. The Morgan fingerprint density at radius 3 is 2.62 bits per heavy atom. The highest BCUT2D eigenvalue weighted by Crippen LogP contribution is 2.42. The van der Waals surface area contributed by atoms with Crippen LogP contribution < -0.4 is 11.2 Å². The number of alkyl halides is 3. The summed E-state index contributed by atoms with van der Waals surface area (Å²) in [5.41, 5.74) is -4.07. The monoisotopic (exact) mass is 531 g/mol. The number of carbonyl (C=O) groups excluding carboxylic acids is 1. The fourth-order valence-electron chi connectivity index (χ4n) is 4.15. The lowest BCUT2D eigenvalue weighted by molar-refractivity contribution is -0.242. The van der Waals surface area contributed by atoms with E-state index in [1.165, 1.54) is 19.1 Å². The fourth-order valence-corrected chi connectivity index (χ4v) is 4.97. The molecule has 0 saturated carbocycles. The van der Waals surface area contributed by atoms with E-state index >= 15 is 0 Å². The molecule has 1 aliphatic carbocycles. The van der Waals surface area contributed by atoms with E-state index in [4.69, 9.17) is 4.89 Å². The van der Waals surface area contributed by atoms with Crippen LogP contribution in [0.5, 0.6) is 0 Å². The van der Waals surface area contributed by atoms with Crippen LogP contribution in [0, 0.1) is 17.8 Å². The number of hydrogen-bond acceptors (Lipinski definition) is 7. The summed E-state index contributed by atoms with van der Waals surface area (Å²) in [5.74, 6) is 5.41. The van der Waals surface area contributed by atoms with E-state index in [-0.39, 0.29) is 17.4 Å². The Kier molecular flexibility index (Phi) is 6.60. The van der Waals surface area contributed by atoms with Crippen LogP contribution in [-0.2, 0) is 33.2 Å². The molecule has 0 fully saturated rings. The van der Waals surface area contributed by atoms with Gasteiger partial charge in [0.25, 0.3) is 5.56 Å². The molecule has 4 rings (SSSR count). The standard InChI is InChI=1S/C25H20F3N3O5S/c1-5-10-24(13-17(8-6-14(24)2)36-35-15(3)32)22-18-11-16(7-9-19(18)37-29-22)31-21(33)12-20(25(26,27)28)30(4)23(31)34/h6-9,11-14H,1-4H3. The predicted molar refractivity (Wildman–Crippen MR) is 130 cm³/mol. The molecule has 0 aliphatic heterocycles. The van der Waals surface area contributed by atoms with Gasteiger partial charge >= 0.3 is 17.8 Å². The Bertz CT molecular complexity index is 1650. The van der Waals surface area contributed by atoms with Crippen LogP contribution in [0.15, 0.2) is 57.8 Å². The van der Waals surface area contributed by atoms with Crippen molar-refractivity contribution in [2.45, 2.75) is 32.4 Å². The third-order valence-electron chi connectivity index (χ3n) is 5.94. The van der Waals surface area contributed by atoms with Gasteiger partial charge in [0, 0.05) is 31.3 Å². The average molecular weight is 532 g/mol. The van der Waals surface area contributed by atoms with Crippen LogP contribution in [0.4, 0.5) is 13.2 Å². The van der Waals surface area contributed by atoms with Gasteiger partial charge in [-0.15, -0.1) is 5.92 Å². The van der Waals surface area contributed by atoms with E-state index in [0.29, 0.717) is 31.0 Å². The number of nitrogens with zero attached hydrogens (tertiary/aromatic N) is 3. The van der Waals surface area contributed by atoms with Gasteiger partial charge < -0.3 is 0 Å². The third-order valence-corrected chi connectivity index (χ3v) is 6.77. The summed E-state index contributed by atoms with van der Waals surface area (Å²) in [6, 6.07) is 5.01. The van der Waals surface area contributed by atoms with Crippen LogP contribution in [0.1, 0.15) is 32.2 Å². The van der Waals surface area contributed by atoms with Crippen LogP contribution in [0.25, 0.3) is 15.8 Å². The second-order valence-corrected chi connectivity index (χ2v) is 9.16. The molecule has 0 bridgehead atoms. The van der Waals surface area contributed by atoms with E-state index in [9.17, 15) is 27.6 Å². The van der Waals surface area contributed by atoms with Gasteiger partial charge in [-0.05, 0) is 48.8 Å². The first-order valence-corrected chi connectivity index (χ1v) is 11.7. The van der Waals surface area contributed by atoms with Crippen molar-refractivity contribution in [1.29, 1.82) is 0 Å². The van der Waals surface area contributed by atoms with Crippen LogP contribution >= 0.6 is 11.5 Å². The van der Waals surface area contributed by atoms with Crippen molar-refractivity contribution in [3.05, 3.63) is 80.5 Å². The van der Waals surface area contributed by atoms with Crippen molar-refractivity contribution in [2.75, 3.05) is 0 Å². The van der Waals surface area contributed by atoms with Crippen molar-refractivity contribution < 1.29 is 27.7 Å². The number of benzene rings is 1. The zero-order valence-electron chi connectivity index (χ0n) is 20.0. The number of allylic oxidation sites excluding steroid dienone is 3. The van der Waals surface area contributed by atoms with E-state index in [2.05, 4.69) is 21.1 Å². The number of hydrogen-bond donors (Lipinski definition) is 0. The van der Waals surface area contributed by atoms with Crippen molar-refractivity contribution >= 4 is 27.6 Å². The molecule has 2 heterocycles. The summed E-state index contributed by atoms with van der Waals surface area (Å²) in [4.78, 5) is 46.5. The molecule has 0 spiro atoms. The molecule has 1 aromatic carbocycles. The van der Waals surface area contributed by atoms with Crippen molar-refractivity contribution in [2.24, 2.45) is 13.0 Å². The SMILES string of the molecule is CC#CC1(c2nsc3ccc(-n4c(=O)cc(C(F)(F)F)n(C)c4=O)cc23)C=C(OOC(C)=O)C=CC1C. The minimum absolute atomic E-state index is 0.0762. The molecule has 3 aromatic rings. The summed E-state index contributed by atoms with van der Waals surface area (Å²) in [5, 5.41) is 0.546. The van der Waals surface area contributed by atoms with Gasteiger partial charge in [-0.3, -0.25) is 19.1 Å². The minimum Gasteiger partial charge on any atom is -0.292 e. The lowest BCUT2D eigenvalue weighted by atomic mass is 9.70. The van der Waals surface area contributed by atoms with Gasteiger partial charge in [-0.25, -0.2) is 14.2 Å². The molecule has 2 aromatic heterocycles. The van der Waals surface area contributed by atoms with Gasteiger partial charge in [-0.1, -0.05) is 18.9 Å². The summed E-state index contributed by atoms with van der Waals surface area (Å²) < 4.78 is 46.2. The maximum atomic E-state index is 13.3. The second kappa shape index (κ2) is 9.40. The smallest absolute Gasteiger partial charge is 0.292 e. The van der Waals surface area contributed by atoms with Crippen LogP contribution in [-0.4, -0.2) is 19.5 Å². The first-order valence-electron chi connectivity index (χ1n) is 10.9. The van der Waals surface area contributed by atoms with Gasteiger partial charge in [-0.2, -0.15) is 17.5 Å². The van der Waals surface area contributed by atoms with E-state index in [1.807, 2.05) is 13.0 Å². The second-order valence-electron chi connectivity index (χ2n) is 8.35. The number of fused-ring (bicyclic) bond motifs is 1. The Morgan fingerprint density at radius 1 is 1.24 bits per heavy atom. The van der Waals surface area contributed by atoms with E-state index < -0.39 is 34.5 Å². The Labute approximate surface area is 212 Å². The highest BCUT2D eigenvalue weighted by atomic mass is 32.1. The molecular weight excluding hydrogens is 511 g/mol. The molecule has 192 valence electrons. The third kappa shape index (κ3) is 4.58. The average Bonchev–Trinajstić information content (AvgIpc) is 3.25. The van der Waals surface area contributed by atoms with E-state index in [1.54, 1.807) is 25.1 Å². The van der Waals surface area contributed by atoms with Gasteiger partial charge in [0.05, 0.1) is 16.1 Å². The molecule has 0 saturated heterocycles. The van der Waals surface area contributed by atoms with Crippen molar-refractivity contribution in [3.63, 3.8) is 0 Å².